The Labute approximate surface area is 198 Å². The Morgan fingerprint density at radius 2 is 1.82 bits per heavy atom. The molecule has 1 amide bonds. The smallest absolute Gasteiger partial charge is 0.246 e. The average molecular weight is 470 g/mol. The molecular formula is C26H29ClFN3O2. The summed E-state index contributed by atoms with van der Waals surface area (Å²) in [7, 11) is 0. The number of nitrogens with one attached hydrogen (secondary N) is 1. The van der Waals surface area contributed by atoms with E-state index in [0.29, 0.717) is 28.5 Å². The van der Waals surface area contributed by atoms with Crippen molar-refractivity contribution >= 4 is 28.5 Å². The van der Waals surface area contributed by atoms with Crippen LogP contribution in [0.25, 0.3) is 22.4 Å². The number of halogens is 2. The summed E-state index contributed by atoms with van der Waals surface area (Å²) in [6, 6.07) is 11.4. The van der Waals surface area contributed by atoms with Crippen molar-refractivity contribution in [3.63, 3.8) is 0 Å². The van der Waals surface area contributed by atoms with Crippen LogP contribution in [0.3, 0.4) is 0 Å². The molecule has 0 unspecified atom stereocenters. The van der Waals surface area contributed by atoms with Gasteiger partial charge in [-0.1, -0.05) is 30.9 Å². The zero-order valence-corrected chi connectivity index (χ0v) is 19.4. The van der Waals surface area contributed by atoms with Crippen LogP contribution < -0.4 is 5.32 Å². The van der Waals surface area contributed by atoms with Crippen LogP contribution in [0.2, 0.25) is 5.02 Å². The largest absolute Gasteiger partial charge is 0.376 e. The van der Waals surface area contributed by atoms with E-state index in [1.165, 1.54) is 18.6 Å². The molecule has 0 bridgehead atoms. The molecule has 174 valence electrons. The SMILES string of the molecule is O=C(NC1CCCCC1)[C@H]([C@H]1CCCCO1)n1c(-c2ccc(Cl)cc2)nc2ccc(F)cc21. The van der Waals surface area contributed by atoms with Gasteiger partial charge in [0.15, 0.2) is 0 Å². The van der Waals surface area contributed by atoms with Gasteiger partial charge in [-0.2, -0.15) is 0 Å². The summed E-state index contributed by atoms with van der Waals surface area (Å²) in [5.74, 6) is 0.181. The summed E-state index contributed by atoms with van der Waals surface area (Å²) in [6.45, 7) is 0.620. The molecule has 5 nitrogen and oxygen atoms in total. The van der Waals surface area contributed by atoms with Gasteiger partial charge in [-0.3, -0.25) is 4.79 Å². The van der Waals surface area contributed by atoms with Gasteiger partial charge in [0.1, 0.15) is 17.7 Å². The highest BCUT2D eigenvalue weighted by Crippen LogP contribution is 2.35. The quantitative estimate of drug-likeness (QED) is 0.494. The van der Waals surface area contributed by atoms with Crippen LogP contribution in [0.15, 0.2) is 42.5 Å². The second kappa shape index (κ2) is 9.82. The summed E-state index contributed by atoms with van der Waals surface area (Å²) >= 11 is 6.12. The lowest BCUT2D eigenvalue weighted by Gasteiger charge is -2.33. The molecule has 2 aromatic carbocycles. The predicted octanol–water partition coefficient (Wildman–Crippen LogP) is 6.05. The van der Waals surface area contributed by atoms with E-state index in [-0.39, 0.29) is 23.9 Å². The molecule has 1 saturated carbocycles. The van der Waals surface area contributed by atoms with Crippen LogP contribution in [-0.4, -0.2) is 34.2 Å². The number of hydrogen-bond acceptors (Lipinski definition) is 3. The number of fused-ring (bicyclic) bond motifs is 1. The van der Waals surface area contributed by atoms with E-state index in [0.717, 1.165) is 50.5 Å². The molecule has 1 N–H and O–H groups in total. The first-order chi connectivity index (χ1) is 16.1. The summed E-state index contributed by atoms with van der Waals surface area (Å²) in [6.07, 6.45) is 7.92. The molecule has 1 aliphatic carbocycles. The standard InChI is InChI=1S/C26H29ClFN3O2/c27-18-11-9-17(10-12-18)25-30-21-14-13-19(28)16-22(21)31(25)24(23-8-4-5-15-33-23)26(32)29-20-6-2-1-3-7-20/h9-14,16,20,23-24H,1-8,15H2,(H,29,32)/t23-,24+/m1/s1. The van der Waals surface area contributed by atoms with E-state index >= 15 is 0 Å². The van der Waals surface area contributed by atoms with Crippen LogP contribution in [0.1, 0.15) is 57.4 Å². The van der Waals surface area contributed by atoms with Crippen molar-refractivity contribution in [2.75, 3.05) is 6.61 Å². The molecule has 2 aliphatic rings. The number of ether oxygens (including phenoxy) is 1. The number of benzene rings is 2. The Hall–Kier alpha value is -2.44. The number of hydrogen-bond donors (Lipinski definition) is 1. The molecule has 2 heterocycles. The minimum absolute atomic E-state index is 0.0763. The van der Waals surface area contributed by atoms with Gasteiger partial charge >= 0.3 is 0 Å². The van der Waals surface area contributed by atoms with E-state index < -0.39 is 6.04 Å². The van der Waals surface area contributed by atoms with Crippen LogP contribution in [0, 0.1) is 5.82 Å². The molecule has 2 atom stereocenters. The molecule has 7 heteroatoms. The zero-order valence-electron chi connectivity index (χ0n) is 18.6. The third-order valence-corrected chi connectivity index (χ3v) is 7.07. The van der Waals surface area contributed by atoms with Gasteiger partial charge in [0, 0.05) is 23.2 Å². The molecule has 33 heavy (non-hydrogen) atoms. The van der Waals surface area contributed by atoms with Gasteiger partial charge in [-0.25, -0.2) is 9.37 Å². The maximum atomic E-state index is 14.4. The van der Waals surface area contributed by atoms with E-state index in [4.69, 9.17) is 21.3 Å². The van der Waals surface area contributed by atoms with Gasteiger partial charge in [0.2, 0.25) is 5.91 Å². The number of carbonyl (C=O) groups excluding carboxylic acids is 1. The lowest BCUT2D eigenvalue weighted by atomic mass is 9.94. The number of rotatable bonds is 5. The Balaban J connectivity index is 1.63. The molecular weight excluding hydrogens is 441 g/mol. The van der Waals surface area contributed by atoms with Crippen molar-refractivity contribution in [1.82, 2.24) is 14.9 Å². The zero-order chi connectivity index (χ0) is 22.8. The van der Waals surface area contributed by atoms with Gasteiger partial charge < -0.3 is 14.6 Å². The van der Waals surface area contributed by atoms with Crippen molar-refractivity contribution in [2.24, 2.45) is 0 Å². The molecule has 1 aromatic heterocycles. The minimum Gasteiger partial charge on any atom is -0.376 e. The molecule has 0 radical (unpaired) electrons. The van der Waals surface area contributed by atoms with Crippen LogP contribution in [-0.2, 0) is 9.53 Å². The molecule has 3 aromatic rings. The Morgan fingerprint density at radius 1 is 1.06 bits per heavy atom. The van der Waals surface area contributed by atoms with E-state index in [9.17, 15) is 9.18 Å². The predicted molar refractivity (Wildman–Crippen MR) is 128 cm³/mol. The highest BCUT2D eigenvalue weighted by Gasteiger charge is 2.36. The average Bonchev–Trinajstić information content (AvgIpc) is 3.19. The van der Waals surface area contributed by atoms with E-state index in [1.54, 1.807) is 18.2 Å². The molecule has 1 saturated heterocycles. The first kappa shape index (κ1) is 22.4. The number of amides is 1. The van der Waals surface area contributed by atoms with Crippen LogP contribution >= 0.6 is 11.6 Å². The Kier molecular flexibility index (Phi) is 6.65. The van der Waals surface area contributed by atoms with Crippen molar-refractivity contribution < 1.29 is 13.9 Å². The first-order valence-electron chi connectivity index (χ1n) is 12.0. The lowest BCUT2D eigenvalue weighted by molar-refractivity contribution is -0.131. The lowest BCUT2D eigenvalue weighted by Crippen LogP contribution is -2.46. The highest BCUT2D eigenvalue weighted by molar-refractivity contribution is 6.30. The summed E-state index contributed by atoms with van der Waals surface area (Å²) in [4.78, 5) is 18.6. The normalized spacial score (nSPS) is 20.6. The van der Waals surface area contributed by atoms with Gasteiger partial charge in [-0.15, -0.1) is 0 Å². The van der Waals surface area contributed by atoms with Gasteiger partial charge in [-0.05, 0) is 74.6 Å². The fraction of sp³-hybridized carbons (Fsp3) is 0.462. The third kappa shape index (κ3) is 4.78. The molecule has 5 rings (SSSR count). The van der Waals surface area contributed by atoms with Crippen LogP contribution in [0.5, 0.6) is 0 Å². The second-order valence-electron chi connectivity index (χ2n) is 9.14. The van der Waals surface area contributed by atoms with Gasteiger partial charge in [0.05, 0.1) is 17.1 Å². The topological polar surface area (TPSA) is 56.1 Å². The monoisotopic (exact) mass is 469 g/mol. The fourth-order valence-corrected chi connectivity index (χ4v) is 5.28. The van der Waals surface area contributed by atoms with Crippen molar-refractivity contribution in [2.45, 2.75) is 69.6 Å². The maximum absolute atomic E-state index is 14.4. The van der Waals surface area contributed by atoms with Crippen molar-refractivity contribution in [3.8, 4) is 11.4 Å². The maximum Gasteiger partial charge on any atom is 0.246 e. The number of aromatic nitrogens is 2. The van der Waals surface area contributed by atoms with Crippen LogP contribution in [0.4, 0.5) is 4.39 Å². The number of carbonyl (C=O) groups is 1. The highest BCUT2D eigenvalue weighted by atomic mass is 35.5. The molecule has 0 spiro atoms. The number of nitrogens with zero attached hydrogens (tertiary/aromatic N) is 2. The number of imidazole rings is 1. The first-order valence-corrected chi connectivity index (χ1v) is 12.3. The molecule has 1 aliphatic heterocycles. The fourth-order valence-electron chi connectivity index (χ4n) is 5.15. The second-order valence-corrected chi connectivity index (χ2v) is 9.58. The summed E-state index contributed by atoms with van der Waals surface area (Å²) in [5.41, 5.74) is 2.06. The van der Waals surface area contributed by atoms with E-state index in [2.05, 4.69) is 5.32 Å². The van der Waals surface area contributed by atoms with Gasteiger partial charge in [0.25, 0.3) is 0 Å². The molecule has 2 fully saturated rings. The Morgan fingerprint density at radius 3 is 2.55 bits per heavy atom. The van der Waals surface area contributed by atoms with Crippen molar-refractivity contribution in [1.29, 1.82) is 0 Å². The van der Waals surface area contributed by atoms with E-state index in [1.807, 2.05) is 16.7 Å². The summed E-state index contributed by atoms with van der Waals surface area (Å²) < 4.78 is 22.4. The minimum atomic E-state index is -0.635. The third-order valence-electron chi connectivity index (χ3n) is 6.82. The Bertz CT molecular complexity index is 1120. The van der Waals surface area contributed by atoms with Crippen molar-refractivity contribution in [3.05, 3.63) is 53.3 Å². The summed E-state index contributed by atoms with van der Waals surface area (Å²) in [5, 5.41) is 3.91.